The van der Waals surface area contributed by atoms with Crippen LogP contribution in [0, 0.1) is 0 Å². The van der Waals surface area contributed by atoms with Crippen LogP contribution in [0.4, 0.5) is 11.4 Å². The van der Waals surface area contributed by atoms with Crippen molar-refractivity contribution in [2.75, 3.05) is 23.7 Å². The van der Waals surface area contributed by atoms with Gasteiger partial charge in [-0.05, 0) is 49.4 Å². The summed E-state index contributed by atoms with van der Waals surface area (Å²) in [5, 5.41) is 5.11. The molecule has 0 bridgehead atoms. The van der Waals surface area contributed by atoms with Crippen LogP contribution in [0.1, 0.15) is 27.7 Å². The van der Waals surface area contributed by atoms with Gasteiger partial charge in [-0.25, -0.2) is 8.42 Å². The number of hydrogen-bond acceptors (Lipinski definition) is 5. The van der Waals surface area contributed by atoms with Gasteiger partial charge < -0.3 is 10.6 Å². The Morgan fingerprint density at radius 3 is 2.16 bits per heavy atom. The Labute approximate surface area is 192 Å². The molecule has 0 aliphatic rings. The van der Waals surface area contributed by atoms with Crippen molar-refractivity contribution >= 4 is 56.6 Å². The first-order chi connectivity index (χ1) is 14.6. The van der Waals surface area contributed by atoms with E-state index in [1.54, 1.807) is 39.0 Å². The number of nitrogens with zero attached hydrogens (tertiary/aromatic N) is 1. The number of hydrogen-bond donors (Lipinski definition) is 2. The summed E-state index contributed by atoms with van der Waals surface area (Å²) in [6, 6.07) is 11.6. The van der Waals surface area contributed by atoms with E-state index in [1.165, 1.54) is 35.1 Å². The fourth-order valence-corrected chi connectivity index (χ4v) is 5.63. The zero-order valence-corrected chi connectivity index (χ0v) is 20.2. The van der Waals surface area contributed by atoms with Gasteiger partial charge in [-0.1, -0.05) is 25.4 Å². The van der Waals surface area contributed by atoms with Gasteiger partial charge in [0.1, 0.15) is 4.90 Å². The molecule has 2 N–H and O–H groups in total. The van der Waals surface area contributed by atoms with Gasteiger partial charge >= 0.3 is 0 Å². The van der Waals surface area contributed by atoms with Crippen LogP contribution in [0.3, 0.4) is 0 Å². The van der Waals surface area contributed by atoms with Crippen molar-refractivity contribution in [2.45, 2.75) is 42.7 Å². The summed E-state index contributed by atoms with van der Waals surface area (Å²) in [5.41, 5.74) is 1.03. The van der Waals surface area contributed by atoms with Crippen LogP contribution in [0.25, 0.3) is 0 Å². The van der Waals surface area contributed by atoms with Crippen LogP contribution in [-0.4, -0.2) is 42.9 Å². The second-order valence-electron chi connectivity index (χ2n) is 6.69. The van der Waals surface area contributed by atoms with E-state index in [0.29, 0.717) is 24.5 Å². The zero-order valence-electron chi connectivity index (χ0n) is 17.8. The van der Waals surface area contributed by atoms with Gasteiger partial charge in [-0.3, -0.25) is 9.59 Å². The predicted molar refractivity (Wildman–Crippen MR) is 126 cm³/mol. The molecule has 0 aliphatic carbocycles. The minimum absolute atomic E-state index is 0.0375. The van der Waals surface area contributed by atoms with Gasteiger partial charge in [0.25, 0.3) is 0 Å². The standard InChI is InChI=1S/C21H26ClN3O4S2/c1-5-25(6-2)31(28,29)20-13-17(9-12-19(20)22)24-21(27)14(3)30-18-10-7-16(8-11-18)23-15(4)26/h7-14H,5-6H2,1-4H3,(H,23,26)(H,24,27). The molecule has 7 nitrogen and oxygen atoms in total. The van der Waals surface area contributed by atoms with Crippen LogP contribution in [0.5, 0.6) is 0 Å². The Kier molecular flexibility index (Phi) is 8.93. The van der Waals surface area contributed by atoms with Crippen LogP contribution in [-0.2, 0) is 19.6 Å². The Morgan fingerprint density at radius 2 is 1.61 bits per heavy atom. The first-order valence-electron chi connectivity index (χ1n) is 9.73. The molecular formula is C21H26ClN3O4S2. The van der Waals surface area contributed by atoms with Crippen LogP contribution >= 0.6 is 23.4 Å². The first kappa shape index (κ1) is 25.2. The number of benzene rings is 2. The maximum absolute atomic E-state index is 12.8. The maximum Gasteiger partial charge on any atom is 0.244 e. The number of thioether (sulfide) groups is 1. The highest BCUT2D eigenvalue weighted by Gasteiger charge is 2.25. The number of amides is 2. The van der Waals surface area contributed by atoms with E-state index in [0.717, 1.165) is 4.90 Å². The maximum atomic E-state index is 12.8. The molecule has 1 unspecified atom stereocenters. The SMILES string of the molecule is CCN(CC)S(=O)(=O)c1cc(NC(=O)C(C)Sc2ccc(NC(C)=O)cc2)ccc1Cl. The summed E-state index contributed by atoms with van der Waals surface area (Å²) in [5.74, 6) is -0.428. The van der Waals surface area contributed by atoms with Crippen molar-refractivity contribution in [3.63, 3.8) is 0 Å². The largest absolute Gasteiger partial charge is 0.326 e. The van der Waals surface area contributed by atoms with Crippen molar-refractivity contribution < 1.29 is 18.0 Å². The molecule has 0 spiro atoms. The quantitative estimate of drug-likeness (QED) is 0.514. The van der Waals surface area contributed by atoms with Gasteiger partial charge in [0.2, 0.25) is 21.8 Å². The van der Waals surface area contributed by atoms with Gasteiger partial charge in [-0.2, -0.15) is 4.31 Å². The minimum Gasteiger partial charge on any atom is -0.326 e. The predicted octanol–water partition coefficient (Wildman–Crippen LogP) is 4.45. The van der Waals surface area contributed by atoms with Gasteiger partial charge in [-0.15, -0.1) is 11.8 Å². The van der Waals surface area contributed by atoms with E-state index >= 15 is 0 Å². The molecule has 0 radical (unpaired) electrons. The fraction of sp³-hybridized carbons (Fsp3) is 0.333. The van der Waals surface area contributed by atoms with E-state index in [4.69, 9.17) is 11.6 Å². The number of sulfonamides is 1. The van der Waals surface area contributed by atoms with E-state index in [2.05, 4.69) is 10.6 Å². The molecule has 168 valence electrons. The third-order valence-electron chi connectivity index (χ3n) is 4.38. The van der Waals surface area contributed by atoms with E-state index in [1.807, 2.05) is 12.1 Å². The summed E-state index contributed by atoms with van der Waals surface area (Å²) < 4.78 is 27.0. The molecule has 0 fully saturated rings. The van der Waals surface area contributed by atoms with Crippen molar-refractivity contribution in [1.29, 1.82) is 0 Å². The Bertz CT molecular complexity index is 1040. The number of carbonyl (C=O) groups excluding carboxylic acids is 2. The van der Waals surface area contributed by atoms with E-state index < -0.39 is 15.3 Å². The third kappa shape index (κ3) is 6.70. The molecule has 0 aliphatic heterocycles. The number of halogens is 1. The van der Waals surface area contributed by atoms with Crippen molar-refractivity contribution in [3.8, 4) is 0 Å². The summed E-state index contributed by atoms with van der Waals surface area (Å²) in [7, 11) is -3.76. The number of anilines is 2. The van der Waals surface area contributed by atoms with Crippen LogP contribution in [0.2, 0.25) is 5.02 Å². The summed E-state index contributed by atoms with van der Waals surface area (Å²) >= 11 is 7.49. The lowest BCUT2D eigenvalue weighted by atomic mass is 10.3. The molecule has 31 heavy (non-hydrogen) atoms. The van der Waals surface area contributed by atoms with Gasteiger partial charge in [0.05, 0.1) is 10.3 Å². The number of nitrogens with one attached hydrogen (secondary N) is 2. The molecular weight excluding hydrogens is 458 g/mol. The van der Waals surface area contributed by atoms with Gasteiger partial charge in [0, 0.05) is 36.3 Å². The highest BCUT2D eigenvalue weighted by atomic mass is 35.5. The average molecular weight is 484 g/mol. The monoisotopic (exact) mass is 483 g/mol. The molecule has 0 heterocycles. The first-order valence-corrected chi connectivity index (χ1v) is 12.4. The zero-order chi connectivity index (χ0) is 23.2. The van der Waals surface area contributed by atoms with Crippen molar-refractivity contribution in [3.05, 3.63) is 47.5 Å². The molecule has 2 rings (SSSR count). The summed E-state index contributed by atoms with van der Waals surface area (Å²) in [6.45, 7) is 7.33. The lowest BCUT2D eigenvalue weighted by Crippen LogP contribution is -2.31. The Hall–Kier alpha value is -2.07. The average Bonchev–Trinajstić information content (AvgIpc) is 2.71. The normalized spacial score (nSPS) is 12.5. The Morgan fingerprint density at radius 1 is 1.03 bits per heavy atom. The summed E-state index contributed by atoms with van der Waals surface area (Å²) in [4.78, 5) is 24.6. The van der Waals surface area contributed by atoms with Crippen LogP contribution in [0.15, 0.2) is 52.3 Å². The molecule has 0 saturated carbocycles. The summed E-state index contributed by atoms with van der Waals surface area (Å²) in [6.07, 6.45) is 0. The highest BCUT2D eigenvalue weighted by Crippen LogP contribution is 2.29. The fourth-order valence-electron chi connectivity index (χ4n) is 2.80. The lowest BCUT2D eigenvalue weighted by Gasteiger charge is -2.20. The van der Waals surface area contributed by atoms with Crippen molar-refractivity contribution in [1.82, 2.24) is 4.31 Å². The molecule has 2 aromatic carbocycles. The molecule has 0 saturated heterocycles. The third-order valence-corrected chi connectivity index (χ3v) is 8.02. The lowest BCUT2D eigenvalue weighted by molar-refractivity contribution is -0.115. The van der Waals surface area contributed by atoms with E-state index in [-0.39, 0.29) is 21.7 Å². The van der Waals surface area contributed by atoms with E-state index in [9.17, 15) is 18.0 Å². The smallest absolute Gasteiger partial charge is 0.244 e. The van der Waals surface area contributed by atoms with Crippen LogP contribution < -0.4 is 10.6 Å². The molecule has 0 aromatic heterocycles. The highest BCUT2D eigenvalue weighted by molar-refractivity contribution is 8.00. The topological polar surface area (TPSA) is 95.6 Å². The van der Waals surface area contributed by atoms with Crippen molar-refractivity contribution in [2.24, 2.45) is 0 Å². The molecule has 2 amide bonds. The second-order valence-corrected chi connectivity index (χ2v) is 10.4. The minimum atomic E-state index is -3.76. The van der Waals surface area contributed by atoms with Gasteiger partial charge in [0.15, 0.2) is 0 Å². The molecule has 10 heteroatoms. The number of carbonyl (C=O) groups is 2. The Balaban J connectivity index is 2.12. The second kappa shape index (κ2) is 11.0. The number of rotatable bonds is 9. The molecule has 1 atom stereocenters. The molecule has 2 aromatic rings.